The molecule has 1 rings (SSSR count). The van der Waals surface area contributed by atoms with Gasteiger partial charge in [-0.05, 0) is 19.1 Å². The molecular formula is C10H14ClN3O. The lowest BCUT2D eigenvalue weighted by Gasteiger charge is -2.18. The summed E-state index contributed by atoms with van der Waals surface area (Å²) in [4.78, 5) is 17.0. The molecule has 0 aliphatic heterocycles. The van der Waals surface area contributed by atoms with Crippen molar-refractivity contribution in [3.63, 3.8) is 0 Å². The van der Waals surface area contributed by atoms with Gasteiger partial charge in [0.25, 0.3) is 0 Å². The minimum Gasteiger partial charge on any atom is -0.365 e. The highest BCUT2D eigenvalue weighted by Crippen LogP contribution is 2.15. The van der Waals surface area contributed by atoms with E-state index in [0.717, 1.165) is 5.69 Å². The molecule has 1 N–H and O–H groups in total. The molecule has 1 heterocycles. The van der Waals surface area contributed by atoms with Crippen LogP contribution in [0, 0.1) is 0 Å². The maximum atomic E-state index is 11.3. The number of hydrogen-bond donors (Lipinski definition) is 1. The normalized spacial score (nSPS) is 9.80. The molecule has 1 aromatic heterocycles. The number of rotatable bonds is 4. The van der Waals surface area contributed by atoms with Crippen molar-refractivity contribution < 1.29 is 4.79 Å². The van der Waals surface area contributed by atoms with Crippen LogP contribution in [0.25, 0.3) is 0 Å². The predicted octanol–water partition coefficient (Wildman–Crippen LogP) is 1.31. The van der Waals surface area contributed by atoms with E-state index in [1.807, 2.05) is 24.9 Å². The highest BCUT2D eigenvalue weighted by Gasteiger charge is 2.06. The second-order valence-corrected chi connectivity index (χ2v) is 3.53. The minimum absolute atomic E-state index is 0.00654. The van der Waals surface area contributed by atoms with Gasteiger partial charge in [-0.1, -0.05) is 11.6 Å². The van der Waals surface area contributed by atoms with E-state index in [-0.39, 0.29) is 5.91 Å². The number of carbonyl (C=O) groups excluding carboxylic acids is 1. The Labute approximate surface area is 94.3 Å². The molecule has 0 radical (unpaired) electrons. The molecule has 15 heavy (non-hydrogen) atoms. The van der Waals surface area contributed by atoms with Crippen molar-refractivity contribution in [1.82, 2.24) is 10.3 Å². The van der Waals surface area contributed by atoms with Gasteiger partial charge in [0.15, 0.2) is 0 Å². The van der Waals surface area contributed by atoms with Gasteiger partial charge in [0.2, 0.25) is 5.91 Å². The number of halogens is 1. The first-order valence-electron chi connectivity index (χ1n) is 4.73. The van der Waals surface area contributed by atoms with Crippen LogP contribution < -0.4 is 10.2 Å². The summed E-state index contributed by atoms with van der Waals surface area (Å²) in [6, 6.07) is 3.53. The lowest BCUT2D eigenvalue weighted by atomic mass is 10.3. The summed E-state index contributed by atoms with van der Waals surface area (Å²) < 4.78 is 0. The topological polar surface area (TPSA) is 45.2 Å². The molecule has 82 valence electrons. The fourth-order valence-corrected chi connectivity index (χ4v) is 1.36. The average Bonchev–Trinajstić information content (AvgIpc) is 2.18. The van der Waals surface area contributed by atoms with Crippen molar-refractivity contribution in [2.45, 2.75) is 6.92 Å². The zero-order valence-corrected chi connectivity index (χ0v) is 9.58. The first kappa shape index (κ1) is 11.8. The van der Waals surface area contributed by atoms with E-state index < -0.39 is 0 Å². The molecule has 0 fully saturated rings. The molecule has 0 unspecified atom stereocenters. The van der Waals surface area contributed by atoms with Crippen LogP contribution in [0.3, 0.4) is 0 Å². The van der Waals surface area contributed by atoms with Crippen LogP contribution in [0.2, 0.25) is 5.15 Å². The van der Waals surface area contributed by atoms with E-state index in [0.29, 0.717) is 18.2 Å². The van der Waals surface area contributed by atoms with Gasteiger partial charge in [-0.2, -0.15) is 0 Å². The first-order valence-corrected chi connectivity index (χ1v) is 5.10. The largest absolute Gasteiger partial charge is 0.365 e. The van der Waals surface area contributed by atoms with E-state index in [1.54, 1.807) is 12.3 Å². The van der Waals surface area contributed by atoms with Crippen LogP contribution in [-0.2, 0) is 4.79 Å². The number of nitrogens with zero attached hydrogens (tertiary/aromatic N) is 2. The Morgan fingerprint density at radius 3 is 3.00 bits per heavy atom. The number of aromatic nitrogens is 1. The minimum atomic E-state index is -0.00654. The lowest BCUT2D eigenvalue weighted by molar-refractivity contribution is -0.119. The molecule has 0 bridgehead atoms. The van der Waals surface area contributed by atoms with Gasteiger partial charge in [-0.25, -0.2) is 4.98 Å². The van der Waals surface area contributed by atoms with Crippen molar-refractivity contribution in [2.75, 3.05) is 25.0 Å². The third-order valence-corrected chi connectivity index (χ3v) is 2.11. The van der Waals surface area contributed by atoms with Crippen LogP contribution in [0.1, 0.15) is 6.92 Å². The summed E-state index contributed by atoms with van der Waals surface area (Å²) in [6.45, 7) is 2.85. The van der Waals surface area contributed by atoms with E-state index in [1.165, 1.54) is 0 Å². The Morgan fingerprint density at radius 2 is 2.40 bits per heavy atom. The average molecular weight is 228 g/mol. The second kappa shape index (κ2) is 5.56. The highest BCUT2D eigenvalue weighted by atomic mass is 35.5. The number of nitrogens with one attached hydrogen (secondary N) is 1. The smallest absolute Gasteiger partial charge is 0.239 e. The van der Waals surface area contributed by atoms with Crippen molar-refractivity contribution >= 4 is 23.2 Å². The molecule has 5 heteroatoms. The fourth-order valence-electron chi connectivity index (χ4n) is 1.19. The van der Waals surface area contributed by atoms with Crippen LogP contribution in [0.4, 0.5) is 5.69 Å². The third kappa shape index (κ3) is 3.75. The van der Waals surface area contributed by atoms with E-state index in [9.17, 15) is 4.79 Å². The summed E-state index contributed by atoms with van der Waals surface area (Å²) >= 11 is 5.75. The fraction of sp³-hybridized carbons (Fsp3) is 0.400. The van der Waals surface area contributed by atoms with Crippen molar-refractivity contribution in [2.24, 2.45) is 0 Å². The SMILES string of the molecule is CCNC(=O)CN(C)c1ccnc(Cl)c1. The third-order valence-electron chi connectivity index (χ3n) is 1.91. The quantitative estimate of drug-likeness (QED) is 0.789. The predicted molar refractivity (Wildman–Crippen MR) is 61.2 cm³/mol. The molecule has 0 saturated carbocycles. The number of pyridine rings is 1. The van der Waals surface area contributed by atoms with Crippen molar-refractivity contribution in [3.05, 3.63) is 23.5 Å². The Balaban J connectivity index is 2.60. The monoisotopic (exact) mass is 227 g/mol. The summed E-state index contributed by atoms with van der Waals surface area (Å²) in [5.41, 5.74) is 0.876. The maximum Gasteiger partial charge on any atom is 0.239 e. The molecule has 1 amide bonds. The van der Waals surface area contributed by atoms with Crippen LogP contribution in [0.5, 0.6) is 0 Å². The molecule has 0 aromatic carbocycles. The van der Waals surface area contributed by atoms with Gasteiger partial charge in [0.1, 0.15) is 5.15 Å². The summed E-state index contributed by atoms with van der Waals surface area (Å²) in [5, 5.41) is 3.16. The Kier molecular flexibility index (Phi) is 4.37. The molecule has 4 nitrogen and oxygen atoms in total. The van der Waals surface area contributed by atoms with Gasteiger partial charge in [0.05, 0.1) is 6.54 Å². The zero-order chi connectivity index (χ0) is 11.3. The molecule has 0 aliphatic rings. The van der Waals surface area contributed by atoms with Gasteiger partial charge in [0, 0.05) is 25.5 Å². The number of anilines is 1. The standard InChI is InChI=1S/C10H14ClN3O/c1-3-12-10(15)7-14(2)8-4-5-13-9(11)6-8/h4-6H,3,7H2,1-2H3,(H,12,15). The van der Waals surface area contributed by atoms with Gasteiger partial charge in [-0.3, -0.25) is 4.79 Å². The Morgan fingerprint density at radius 1 is 1.67 bits per heavy atom. The maximum absolute atomic E-state index is 11.3. The van der Waals surface area contributed by atoms with E-state index in [2.05, 4.69) is 10.3 Å². The van der Waals surface area contributed by atoms with Crippen LogP contribution in [-0.4, -0.2) is 31.0 Å². The van der Waals surface area contributed by atoms with Gasteiger partial charge < -0.3 is 10.2 Å². The van der Waals surface area contributed by atoms with E-state index >= 15 is 0 Å². The lowest BCUT2D eigenvalue weighted by Crippen LogP contribution is -2.34. The van der Waals surface area contributed by atoms with Crippen molar-refractivity contribution in [1.29, 1.82) is 0 Å². The van der Waals surface area contributed by atoms with Crippen molar-refractivity contribution in [3.8, 4) is 0 Å². The van der Waals surface area contributed by atoms with E-state index in [4.69, 9.17) is 11.6 Å². The number of likely N-dealkylation sites (N-methyl/N-ethyl adjacent to an activating group) is 2. The van der Waals surface area contributed by atoms with Gasteiger partial charge in [-0.15, -0.1) is 0 Å². The molecule has 1 aromatic rings. The van der Waals surface area contributed by atoms with Crippen LogP contribution >= 0.6 is 11.6 Å². The number of amides is 1. The Hall–Kier alpha value is -1.29. The zero-order valence-electron chi connectivity index (χ0n) is 8.83. The molecule has 0 atom stereocenters. The second-order valence-electron chi connectivity index (χ2n) is 3.15. The highest BCUT2D eigenvalue weighted by molar-refractivity contribution is 6.29. The summed E-state index contributed by atoms with van der Waals surface area (Å²) in [5.74, 6) is -0.00654. The number of hydrogen-bond acceptors (Lipinski definition) is 3. The van der Waals surface area contributed by atoms with Crippen LogP contribution in [0.15, 0.2) is 18.3 Å². The molecule has 0 aliphatic carbocycles. The number of carbonyl (C=O) groups is 1. The van der Waals surface area contributed by atoms with Gasteiger partial charge >= 0.3 is 0 Å². The summed E-state index contributed by atoms with van der Waals surface area (Å²) in [7, 11) is 1.83. The molecular weight excluding hydrogens is 214 g/mol. The first-order chi connectivity index (χ1) is 7.13. The molecule has 0 saturated heterocycles. The Bertz CT molecular complexity index is 343. The molecule has 0 spiro atoms. The summed E-state index contributed by atoms with van der Waals surface area (Å²) in [6.07, 6.45) is 1.62.